The van der Waals surface area contributed by atoms with Gasteiger partial charge in [-0.15, -0.1) is 0 Å². The summed E-state index contributed by atoms with van der Waals surface area (Å²) in [6.45, 7) is 3.92. The molecule has 25 heavy (non-hydrogen) atoms. The molecule has 0 unspecified atom stereocenters. The Morgan fingerprint density at radius 3 is 2.68 bits per heavy atom. The van der Waals surface area contributed by atoms with Gasteiger partial charge in [0, 0.05) is 16.8 Å². The van der Waals surface area contributed by atoms with Crippen molar-refractivity contribution in [1.29, 1.82) is 0 Å². The highest BCUT2D eigenvalue weighted by atomic mass is 35.5. The molecule has 2 amide bonds. The summed E-state index contributed by atoms with van der Waals surface area (Å²) in [6, 6.07) is 12.3. The molecule has 0 saturated carbocycles. The molecular weight excluding hydrogens is 340 g/mol. The number of nitrogens with one attached hydrogen (secondary N) is 2. The van der Waals surface area contributed by atoms with Crippen LogP contribution >= 0.6 is 11.6 Å². The lowest BCUT2D eigenvalue weighted by molar-refractivity contribution is -0.125. The van der Waals surface area contributed by atoms with Crippen molar-refractivity contribution >= 4 is 34.8 Å². The predicted octanol–water partition coefficient (Wildman–Crippen LogP) is 3.88. The van der Waals surface area contributed by atoms with E-state index in [0.29, 0.717) is 22.1 Å². The summed E-state index contributed by atoms with van der Waals surface area (Å²) in [5.41, 5.74) is 1.48. The number of anilines is 2. The smallest absolute Gasteiger partial charge is 0.233 e. The Kier molecular flexibility index (Phi) is 4.68. The molecule has 6 heteroatoms. The molecule has 1 aliphatic heterocycles. The average Bonchev–Trinajstić information content (AvgIpc) is 2.67. The fraction of sp³-hybridized carbons (Fsp3) is 0.263. The molecule has 5 nitrogen and oxygen atoms in total. The number of hydrogen-bond acceptors (Lipinski definition) is 3. The van der Waals surface area contributed by atoms with Crippen LogP contribution in [0.5, 0.6) is 5.75 Å². The Labute approximate surface area is 151 Å². The molecule has 0 spiro atoms. The van der Waals surface area contributed by atoms with Gasteiger partial charge in [-0.05, 0) is 43.7 Å². The predicted molar refractivity (Wildman–Crippen MR) is 98.1 cm³/mol. The molecular formula is C19H19ClN2O3. The van der Waals surface area contributed by atoms with Gasteiger partial charge in [0.2, 0.25) is 11.8 Å². The fourth-order valence-corrected chi connectivity index (χ4v) is 2.56. The molecule has 3 rings (SSSR count). The van der Waals surface area contributed by atoms with Crippen molar-refractivity contribution in [2.24, 2.45) is 5.41 Å². The zero-order valence-electron chi connectivity index (χ0n) is 14.1. The summed E-state index contributed by atoms with van der Waals surface area (Å²) in [4.78, 5) is 24.3. The number of ether oxygens (including phenoxy) is 1. The first-order valence-corrected chi connectivity index (χ1v) is 8.34. The maximum Gasteiger partial charge on any atom is 0.233 e. The summed E-state index contributed by atoms with van der Waals surface area (Å²) in [5.74, 6) is 0.314. The van der Waals surface area contributed by atoms with Crippen LogP contribution < -0.4 is 15.4 Å². The molecule has 0 aromatic heterocycles. The maximum atomic E-state index is 12.2. The van der Waals surface area contributed by atoms with Crippen LogP contribution in [0.1, 0.15) is 19.4 Å². The molecule has 2 aromatic rings. The number of carbonyl (C=O) groups excluding carboxylic acids is 2. The van der Waals surface area contributed by atoms with Gasteiger partial charge in [0.15, 0.2) is 0 Å². The lowest BCUT2D eigenvalue weighted by atomic mass is 9.94. The Morgan fingerprint density at radius 1 is 1.24 bits per heavy atom. The second kappa shape index (κ2) is 6.76. The number of fused-ring (bicyclic) bond motifs is 1. The number of benzene rings is 2. The van der Waals surface area contributed by atoms with Crippen LogP contribution in [0.4, 0.5) is 11.4 Å². The topological polar surface area (TPSA) is 67.4 Å². The first-order valence-electron chi connectivity index (χ1n) is 7.96. The number of rotatable bonds is 3. The number of hydrogen-bond donors (Lipinski definition) is 2. The van der Waals surface area contributed by atoms with E-state index >= 15 is 0 Å². The van der Waals surface area contributed by atoms with Gasteiger partial charge in [-0.3, -0.25) is 9.59 Å². The van der Waals surface area contributed by atoms with Crippen LogP contribution in [0.2, 0.25) is 5.02 Å². The SMILES string of the molecule is CC1(C)COc2cc(NC(=O)Cc3ccc(Cl)cc3)ccc2NC1=O. The normalized spacial score (nSPS) is 15.4. The van der Waals surface area contributed by atoms with Crippen molar-refractivity contribution in [2.45, 2.75) is 20.3 Å². The van der Waals surface area contributed by atoms with Gasteiger partial charge in [-0.25, -0.2) is 0 Å². The molecule has 0 radical (unpaired) electrons. The molecule has 0 aliphatic carbocycles. The van der Waals surface area contributed by atoms with E-state index in [9.17, 15) is 9.59 Å². The van der Waals surface area contributed by atoms with Crippen molar-refractivity contribution in [3.8, 4) is 5.75 Å². The van der Waals surface area contributed by atoms with E-state index in [2.05, 4.69) is 10.6 Å². The molecule has 2 aromatic carbocycles. The van der Waals surface area contributed by atoms with Crippen LogP contribution in [0.3, 0.4) is 0 Å². The number of carbonyl (C=O) groups is 2. The van der Waals surface area contributed by atoms with Gasteiger partial charge < -0.3 is 15.4 Å². The van der Waals surface area contributed by atoms with Crippen LogP contribution in [0.15, 0.2) is 42.5 Å². The molecule has 0 atom stereocenters. The van der Waals surface area contributed by atoms with E-state index in [-0.39, 0.29) is 24.8 Å². The van der Waals surface area contributed by atoms with E-state index in [4.69, 9.17) is 16.3 Å². The van der Waals surface area contributed by atoms with E-state index in [1.54, 1.807) is 30.3 Å². The van der Waals surface area contributed by atoms with Crippen LogP contribution in [-0.2, 0) is 16.0 Å². The summed E-state index contributed by atoms with van der Waals surface area (Å²) < 4.78 is 5.74. The van der Waals surface area contributed by atoms with Gasteiger partial charge in [-0.2, -0.15) is 0 Å². The molecule has 1 aliphatic rings. The van der Waals surface area contributed by atoms with Gasteiger partial charge in [0.05, 0.1) is 17.5 Å². The fourth-order valence-electron chi connectivity index (χ4n) is 2.43. The van der Waals surface area contributed by atoms with Crippen LogP contribution in [0.25, 0.3) is 0 Å². The zero-order chi connectivity index (χ0) is 18.0. The van der Waals surface area contributed by atoms with Gasteiger partial charge in [-0.1, -0.05) is 23.7 Å². The molecule has 0 fully saturated rings. The number of amides is 2. The third-order valence-electron chi connectivity index (χ3n) is 3.99. The van der Waals surface area contributed by atoms with E-state index in [1.807, 2.05) is 26.0 Å². The minimum Gasteiger partial charge on any atom is -0.490 e. The maximum absolute atomic E-state index is 12.2. The van der Waals surface area contributed by atoms with Gasteiger partial charge >= 0.3 is 0 Å². The van der Waals surface area contributed by atoms with E-state index in [1.165, 1.54) is 0 Å². The standard InChI is InChI=1S/C19H19ClN2O3/c1-19(2)11-25-16-10-14(7-8-15(16)22-18(19)24)21-17(23)9-12-3-5-13(20)6-4-12/h3-8,10H,9,11H2,1-2H3,(H,21,23)(H,22,24). The summed E-state index contributed by atoms with van der Waals surface area (Å²) in [7, 11) is 0. The summed E-state index contributed by atoms with van der Waals surface area (Å²) in [5, 5.41) is 6.33. The zero-order valence-corrected chi connectivity index (χ0v) is 14.8. The summed E-state index contributed by atoms with van der Waals surface area (Å²) >= 11 is 5.84. The summed E-state index contributed by atoms with van der Waals surface area (Å²) in [6.07, 6.45) is 0.249. The third kappa shape index (κ3) is 4.12. The molecule has 2 N–H and O–H groups in total. The van der Waals surface area contributed by atoms with Gasteiger partial charge in [0.25, 0.3) is 0 Å². The van der Waals surface area contributed by atoms with Crippen LogP contribution in [0, 0.1) is 5.41 Å². The van der Waals surface area contributed by atoms with E-state index < -0.39 is 5.41 Å². The molecule has 1 heterocycles. The minimum absolute atomic E-state index is 0.0919. The van der Waals surface area contributed by atoms with Crippen molar-refractivity contribution in [1.82, 2.24) is 0 Å². The quantitative estimate of drug-likeness (QED) is 0.875. The highest BCUT2D eigenvalue weighted by molar-refractivity contribution is 6.30. The first kappa shape index (κ1) is 17.3. The third-order valence-corrected chi connectivity index (χ3v) is 4.25. The Morgan fingerprint density at radius 2 is 1.96 bits per heavy atom. The van der Waals surface area contributed by atoms with E-state index in [0.717, 1.165) is 5.56 Å². The van der Waals surface area contributed by atoms with Crippen molar-refractivity contribution < 1.29 is 14.3 Å². The molecule has 0 saturated heterocycles. The second-order valence-corrected chi connectivity index (χ2v) is 7.13. The molecule has 0 bridgehead atoms. The Hall–Kier alpha value is -2.53. The van der Waals surface area contributed by atoms with Crippen molar-refractivity contribution in [2.75, 3.05) is 17.2 Å². The monoisotopic (exact) mass is 358 g/mol. The first-order chi connectivity index (χ1) is 11.8. The number of halogens is 1. The highest BCUT2D eigenvalue weighted by Gasteiger charge is 2.32. The van der Waals surface area contributed by atoms with Crippen molar-refractivity contribution in [3.05, 3.63) is 53.1 Å². The lowest BCUT2D eigenvalue weighted by Crippen LogP contribution is -2.33. The Bertz CT molecular complexity index is 816. The largest absolute Gasteiger partial charge is 0.490 e. The van der Waals surface area contributed by atoms with Crippen molar-refractivity contribution in [3.63, 3.8) is 0 Å². The average molecular weight is 359 g/mol. The molecule has 130 valence electrons. The Balaban J connectivity index is 1.70. The van der Waals surface area contributed by atoms with Crippen LogP contribution in [-0.4, -0.2) is 18.4 Å². The minimum atomic E-state index is -0.614. The van der Waals surface area contributed by atoms with Gasteiger partial charge in [0.1, 0.15) is 12.4 Å². The highest BCUT2D eigenvalue weighted by Crippen LogP contribution is 2.34. The second-order valence-electron chi connectivity index (χ2n) is 6.69. The lowest BCUT2D eigenvalue weighted by Gasteiger charge is -2.18.